The molecule has 4 nitrogen and oxygen atoms in total. The van der Waals surface area contributed by atoms with Crippen LogP contribution in [0.15, 0.2) is 29.1 Å². The minimum absolute atomic E-state index is 0.0601. The van der Waals surface area contributed by atoms with Gasteiger partial charge in [-0.15, -0.1) is 0 Å². The molecule has 1 amide bonds. The van der Waals surface area contributed by atoms with Crippen LogP contribution in [-0.2, 0) is 11.2 Å². The maximum atomic E-state index is 12.1. The van der Waals surface area contributed by atoms with Gasteiger partial charge >= 0.3 is 0 Å². The van der Waals surface area contributed by atoms with Crippen LogP contribution in [0, 0.1) is 6.92 Å². The molecule has 0 saturated carbocycles. The van der Waals surface area contributed by atoms with Crippen LogP contribution in [0.3, 0.4) is 0 Å². The minimum Gasteiger partial charge on any atom is -0.356 e. The molecule has 0 aliphatic carbocycles. The van der Waals surface area contributed by atoms with E-state index in [1.807, 2.05) is 31.2 Å². The molecule has 1 aromatic heterocycles. The Morgan fingerprint density at radius 2 is 2.14 bits per heavy atom. The zero-order valence-electron chi connectivity index (χ0n) is 12.7. The Bertz CT molecular complexity index is 689. The summed E-state index contributed by atoms with van der Waals surface area (Å²) in [7, 11) is 0. The maximum Gasteiger partial charge on any atom is 0.251 e. The highest BCUT2D eigenvalue weighted by molar-refractivity contribution is 5.82. The first-order valence-electron chi connectivity index (χ1n) is 7.50. The Labute approximate surface area is 124 Å². The van der Waals surface area contributed by atoms with E-state index in [0.717, 1.165) is 29.3 Å². The molecule has 2 aromatic rings. The quantitative estimate of drug-likeness (QED) is 0.857. The van der Waals surface area contributed by atoms with E-state index in [4.69, 9.17) is 0 Å². The number of amides is 1. The lowest BCUT2D eigenvalue weighted by molar-refractivity contribution is -0.121. The third-order valence-corrected chi connectivity index (χ3v) is 3.64. The molecule has 0 spiro atoms. The number of fused-ring (bicyclic) bond motifs is 1. The second-order valence-electron chi connectivity index (χ2n) is 5.37. The summed E-state index contributed by atoms with van der Waals surface area (Å²) in [5.41, 5.74) is 2.59. The van der Waals surface area contributed by atoms with Gasteiger partial charge in [0.15, 0.2) is 0 Å². The molecule has 2 N–H and O–H groups in total. The molecule has 21 heavy (non-hydrogen) atoms. The van der Waals surface area contributed by atoms with E-state index in [1.165, 1.54) is 0 Å². The van der Waals surface area contributed by atoms with Gasteiger partial charge in [0.2, 0.25) is 5.91 Å². The molecule has 1 aromatic carbocycles. The van der Waals surface area contributed by atoms with E-state index in [1.54, 1.807) is 0 Å². The zero-order chi connectivity index (χ0) is 15.2. The standard InChI is InChI=1S/C17H22N2O2/c1-3-4-8-15(20)18-10-9-14-11-13-7-5-6-12(2)16(13)19-17(14)21/h5-7,11H,3-4,8-10H2,1-2H3,(H,18,20)(H,19,21). The molecule has 0 aliphatic heterocycles. The molecule has 2 rings (SSSR count). The van der Waals surface area contributed by atoms with Gasteiger partial charge in [0.25, 0.3) is 5.56 Å². The highest BCUT2D eigenvalue weighted by atomic mass is 16.1. The van der Waals surface area contributed by atoms with E-state index >= 15 is 0 Å². The first-order chi connectivity index (χ1) is 10.1. The lowest BCUT2D eigenvalue weighted by Gasteiger charge is -2.07. The minimum atomic E-state index is -0.0698. The summed E-state index contributed by atoms with van der Waals surface area (Å²) in [6, 6.07) is 7.86. The predicted octanol–water partition coefficient (Wildman–Crippen LogP) is 2.69. The van der Waals surface area contributed by atoms with Gasteiger partial charge in [-0.25, -0.2) is 0 Å². The van der Waals surface area contributed by atoms with Gasteiger partial charge in [0.05, 0.1) is 5.52 Å². The zero-order valence-corrected chi connectivity index (χ0v) is 12.7. The Balaban J connectivity index is 2.04. The summed E-state index contributed by atoms with van der Waals surface area (Å²) in [5, 5.41) is 3.89. The predicted molar refractivity (Wildman–Crippen MR) is 85.5 cm³/mol. The fourth-order valence-electron chi connectivity index (χ4n) is 2.38. The fourth-order valence-corrected chi connectivity index (χ4v) is 2.38. The van der Waals surface area contributed by atoms with Gasteiger partial charge in [0, 0.05) is 18.5 Å². The van der Waals surface area contributed by atoms with Gasteiger partial charge in [-0.2, -0.15) is 0 Å². The van der Waals surface area contributed by atoms with Gasteiger partial charge in [-0.05, 0) is 36.8 Å². The number of H-pyrrole nitrogens is 1. The number of hydrogen-bond donors (Lipinski definition) is 2. The van der Waals surface area contributed by atoms with Crippen LogP contribution in [0.2, 0.25) is 0 Å². The van der Waals surface area contributed by atoms with Crippen molar-refractivity contribution < 1.29 is 4.79 Å². The van der Waals surface area contributed by atoms with Crippen LogP contribution in [0.25, 0.3) is 10.9 Å². The van der Waals surface area contributed by atoms with Crippen LogP contribution in [0.1, 0.15) is 37.3 Å². The molecule has 4 heteroatoms. The number of benzene rings is 1. The number of carbonyl (C=O) groups is 1. The third-order valence-electron chi connectivity index (χ3n) is 3.64. The smallest absolute Gasteiger partial charge is 0.251 e. The van der Waals surface area contributed by atoms with Crippen LogP contribution >= 0.6 is 0 Å². The summed E-state index contributed by atoms with van der Waals surface area (Å²) < 4.78 is 0. The Hall–Kier alpha value is -2.10. The van der Waals surface area contributed by atoms with Crippen molar-refractivity contribution in [2.75, 3.05) is 6.54 Å². The molecule has 0 unspecified atom stereocenters. The van der Waals surface area contributed by atoms with Crippen LogP contribution in [0.4, 0.5) is 0 Å². The Morgan fingerprint density at radius 1 is 1.33 bits per heavy atom. The molecule has 0 bridgehead atoms. The highest BCUT2D eigenvalue weighted by Crippen LogP contribution is 2.14. The number of aromatic nitrogens is 1. The lowest BCUT2D eigenvalue weighted by Crippen LogP contribution is -2.27. The number of unbranched alkanes of at least 4 members (excludes halogenated alkanes) is 1. The summed E-state index contributed by atoms with van der Waals surface area (Å²) >= 11 is 0. The number of para-hydroxylation sites is 1. The van der Waals surface area contributed by atoms with E-state index < -0.39 is 0 Å². The fraction of sp³-hybridized carbons (Fsp3) is 0.412. The number of nitrogens with one attached hydrogen (secondary N) is 2. The molecule has 0 atom stereocenters. The maximum absolute atomic E-state index is 12.1. The normalized spacial score (nSPS) is 10.8. The van der Waals surface area contributed by atoms with Crippen molar-refractivity contribution in [2.45, 2.75) is 39.5 Å². The van der Waals surface area contributed by atoms with Crippen molar-refractivity contribution in [3.63, 3.8) is 0 Å². The van der Waals surface area contributed by atoms with Crippen molar-refractivity contribution in [1.29, 1.82) is 0 Å². The number of pyridine rings is 1. The number of aromatic amines is 1. The van der Waals surface area contributed by atoms with Crippen molar-refractivity contribution >= 4 is 16.8 Å². The Kier molecular flexibility index (Phi) is 5.14. The van der Waals surface area contributed by atoms with Crippen LogP contribution in [0.5, 0.6) is 0 Å². The SMILES string of the molecule is CCCCC(=O)NCCc1cc2cccc(C)c2[nH]c1=O. The van der Waals surface area contributed by atoms with E-state index in [0.29, 0.717) is 24.9 Å². The van der Waals surface area contributed by atoms with Crippen molar-refractivity contribution in [3.05, 3.63) is 45.7 Å². The molecule has 0 fully saturated rings. The molecule has 1 heterocycles. The summed E-state index contributed by atoms with van der Waals surface area (Å²) in [6.45, 7) is 4.54. The number of carbonyl (C=O) groups excluding carboxylic acids is 1. The lowest BCUT2D eigenvalue weighted by atomic mass is 10.1. The molecule has 112 valence electrons. The summed E-state index contributed by atoms with van der Waals surface area (Å²) in [6.07, 6.45) is 3.03. The highest BCUT2D eigenvalue weighted by Gasteiger charge is 2.05. The molecule has 0 radical (unpaired) electrons. The molecular weight excluding hydrogens is 264 g/mol. The van der Waals surface area contributed by atoms with E-state index in [-0.39, 0.29) is 11.5 Å². The van der Waals surface area contributed by atoms with Gasteiger partial charge < -0.3 is 10.3 Å². The van der Waals surface area contributed by atoms with Crippen molar-refractivity contribution in [3.8, 4) is 0 Å². The summed E-state index contributed by atoms with van der Waals surface area (Å²) in [5.74, 6) is 0.0601. The van der Waals surface area contributed by atoms with Crippen molar-refractivity contribution in [2.24, 2.45) is 0 Å². The number of aryl methyl sites for hydroxylation is 1. The van der Waals surface area contributed by atoms with E-state index in [2.05, 4.69) is 17.2 Å². The Morgan fingerprint density at radius 3 is 2.90 bits per heavy atom. The first-order valence-corrected chi connectivity index (χ1v) is 7.50. The van der Waals surface area contributed by atoms with Gasteiger partial charge in [-0.3, -0.25) is 9.59 Å². The second-order valence-corrected chi connectivity index (χ2v) is 5.37. The van der Waals surface area contributed by atoms with Gasteiger partial charge in [-0.1, -0.05) is 31.5 Å². The molecule has 0 saturated heterocycles. The third kappa shape index (κ3) is 3.94. The average Bonchev–Trinajstić information content (AvgIpc) is 2.47. The number of rotatable bonds is 6. The van der Waals surface area contributed by atoms with Gasteiger partial charge in [0.1, 0.15) is 0 Å². The van der Waals surface area contributed by atoms with E-state index in [9.17, 15) is 9.59 Å². The van der Waals surface area contributed by atoms with Crippen molar-refractivity contribution in [1.82, 2.24) is 10.3 Å². The number of hydrogen-bond acceptors (Lipinski definition) is 2. The molecule has 0 aliphatic rings. The molecular formula is C17H22N2O2. The largest absolute Gasteiger partial charge is 0.356 e. The van der Waals surface area contributed by atoms with Crippen LogP contribution < -0.4 is 10.9 Å². The summed E-state index contributed by atoms with van der Waals surface area (Å²) in [4.78, 5) is 26.5. The second kappa shape index (κ2) is 7.07. The topological polar surface area (TPSA) is 62.0 Å². The first kappa shape index (κ1) is 15.3. The average molecular weight is 286 g/mol. The monoisotopic (exact) mass is 286 g/mol. The van der Waals surface area contributed by atoms with Crippen LogP contribution in [-0.4, -0.2) is 17.4 Å².